The number of nitrogens with one attached hydrogen (secondary N) is 1. The summed E-state index contributed by atoms with van der Waals surface area (Å²) in [5.74, 6) is 0.748. The second-order valence-electron chi connectivity index (χ2n) is 7.40. The molecule has 0 aromatic carbocycles. The number of nitriles is 1. The number of pyridine rings is 1. The highest BCUT2D eigenvalue weighted by Gasteiger charge is 2.43. The quantitative estimate of drug-likeness (QED) is 0.906. The fourth-order valence-electron chi connectivity index (χ4n) is 4.15. The molecule has 2 saturated heterocycles. The minimum absolute atomic E-state index is 0.0784. The summed E-state index contributed by atoms with van der Waals surface area (Å²) in [4.78, 5) is 6.78. The molecule has 0 saturated carbocycles. The summed E-state index contributed by atoms with van der Waals surface area (Å²) in [6.07, 6.45) is 7.23. The number of hydrogen-bond donors (Lipinski definition) is 1. The van der Waals surface area contributed by atoms with Crippen LogP contribution in [0, 0.1) is 11.3 Å². The number of ether oxygens (including phenoxy) is 1. The van der Waals surface area contributed by atoms with Gasteiger partial charge in [0, 0.05) is 38.3 Å². The van der Waals surface area contributed by atoms with Gasteiger partial charge in [0.2, 0.25) is 0 Å². The maximum absolute atomic E-state index is 9.00. The normalized spacial score (nSPS) is 26.1. The number of aromatic nitrogens is 3. The van der Waals surface area contributed by atoms with Crippen molar-refractivity contribution < 1.29 is 4.74 Å². The van der Waals surface area contributed by atoms with Crippen molar-refractivity contribution in [1.29, 1.82) is 5.26 Å². The zero-order valence-electron chi connectivity index (χ0n) is 15.1. The van der Waals surface area contributed by atoms with Gasteiger partial charge in [-0.15, -0.1) is 0 Å². The van der Waals surface area contributed by atoms with E-state index in [-0.39, 0.29) is 11.6 Å². The van der Waals surface area contributed by atoms with Crippen LogP contribution in [-0.2, 0) is 18.3 Å². The molecule has 0 amide bonds. The van der Waals surface area contributed by atoms with Crippen LogP contribution in [0.1, 0.15) is 30.5 Å². The van der Waals surface area contributed by atoms with Gasteiger partial charge < -0.3 is 10.1 Å². The summed E-state index contributed by atoms with van der Waals surface area (Å²) in [7, 11) is 1.95. The lowest BCUT2D eigenvalue weighted by Crippen LogP contribution is -2.47. The largest absolute Gasteiger partial charge is 0.371 e. The molecule has 1 spiro atoms. The lowest BCUT2D eigenvalue weighted by atomic mass is 9.88. The van der Waals surface area contributed by atoms with Crippen molar-refractivity contribution in [2.24, 2.45) is 7.05 Å². The highest BCUT2D eigenvalue weighted by atomic mass is 16.5. The molecule has 0 aliphatic carbocycles. The van der Waals surface area contributed by atoms with Crippen molar-refractivity contribution in [2.45, 2.75) is 37.5 Å². The Bertz CT molecular complexity index is 812. The van der Waals surface area contributed by atoms with E-state index in [1.807, 2.05) is 30.1 Å². The summed E-state index contributed by atoms with van der Waals surface area (Å²) < 4.78 is 8.13. The van der Waals surface area contributed by atoms with E-state index in [1.165, 1.54) is 5.56 Å². The highest BCUT2D eigenvalue weighted by Crippen LogP contribution is 2.36. The van der Waals surface area contributed by atoms with Crippen molar-refractivity contribution >= 4 is 5.82 Å². The Labute approximate surface area is 153 Å². The lowest BCUT2D eigenvalue weighted by molar-refractivity contribution is -0.0533. The molecule has 0 bridgehead atoms. The van der Waals surface area contributed by atoms with Crippen LogP contribution < -0.4 is 5.32 Å². The minimum atomic E-state index is -0.0784. The Balaban J connectivity index is 1.37. The molecule has 2 aliphatic rings. The van der Waals surface area contributed by atoms with Crippen molar-refractivity contribution in [1.82, 2.24) is 19.7 Å². The Morgan fingerprint density at radius 2 is 2.38 bits per heavy atom. The number of hydrogen-bond acceptors (Lipinski definition) is 6. The molecular weight excluding hydrogens is 328 g/mol. The van der Waals surface area contributed by atoms with Crippen LogP contribution in [-0.4, -0.2) is 51.0 Å². The van der Waals surface area contributed by atoms with Crippen LogP contribution in [0.25, 0.3) is 0 Å². The maximum Gasteiger partial charge on any atom is 0.142 e. The third-order valence-electron chi connectivity index (χ3n) is 5.21. The second kappa shape index (κ2) is 7.06. The van der Waals surface area contributed by atoms with E-state index < -0.39 is 0 Å². The third kappa shape index (κ3) is 3.71. The predicted octanol–water partition coefficient (Wildman–Crippen LogP) is 1.92. The zero-order valence-corrected chi connectivity index (χ0v) is 15.1. The van der Waals surface area contributed by atoms with Crippen molar-refractivity contribution in [3.63, 3.8) is 0 Å². The molecule has 2 unspecified atom stereocenters. The molecule has 2 aromatic heterocycles. The molecule has 136 valence electrons. The van der Waals surface area contributed by atoms with Gasteiger partial charge in [0.05, 0.1) is 24.4 Å². The smallest absolute Gasteiger partial charge is 0.142 e. The topological polar surface area (TPSA) is 79.0 Å². The Morgan fingerprint density at radius 3 is 3.19 bits per heavy atom. The molecule has 26 heavy (non-hydrogen) atoms. The highest BCUT2D eigenvalue weighted by molar-refractivity contribution is 5.39. The number of anilines is 1. The van der Waals surface area contributed by atoms with Crippen LogP contribution in [0.15, 0.2) is 30.6 Å². The number of likely N-dealkylation sites (tertiary alicyclic amines) is 1. The zero-order chi connectivity index (χ0) is 18.0. The predicted molar refractivity (Wildman–Crippen MR) is 97.4 cm³/mol. The van der Waals surface area contributed by atoms with Crippen molar-refractivity contribution in [2.75, 3.05) is 25.0 Å². The monoisotopic (exact) mass is 352 g/mol. The van der Waals surface area contributed by atoms with E-state index in [2.05, 4.69) is 32.6 Å². The fourth-order valence-corrected chi connectivity index (χ4v) is 4.15. The van der Waals surface area contributed by atoms with Crippen molar-refractivity contribution in [3.8, 4) is 6.07 Å². The molecule has 2 atom stereocenters. The number of piperidine rings is 1. The van der Waals surface area contributed by atoms with E-state index >= 15 is 0 Å². The van der Waals surface area contributed by atoms with Crippen LogP contribution in [0.3, 0.4) is 0 Å². The van der Waals surface area contributed by atoms with E-state index in [0.717, 1.165) is 44.7 Å². The first-order valence-corrected chi connectivity index (χ1v) is 9.12. The summed E-state index contributed by atoms with van der Waals surface area (Å²) in [5.41, 5.74) is 1.60. The molecule has 4 rings (SSSR count). The fraction of sp³-hybridized carbons (Fsp3) is 0.526. The minimum Gasteiger partial charge on any atom is -0.371 e. The number of nitrogens with zero attached hydrogens (tertiary/aromatic N) is 5. The van der Waals surface area contributed by atoms with Crippen LogP contribution in [0.4, 0.5) is 5.82 Å². The molecule has 0 radical (unpaired) electrons. The van der Waals surface area contributed by atoms with Crippen molar-refractivity contribution in [3.05, 3.63) is 41.9 Å². The SMILES string of the molecule is Cn1cc(CN2CCCC3(CC(Nc4cccc(C#N)n4)CO3)C2)cn1. The van der Waals surface area contributed by atoms with Crippen LogP contribution in [0.2, 0.25) is 0 Å². The Morgan fingerprint density at radius 1 is 1.46 bits per heavy atom. The average Bonchev–Trinajstić information content (AvgIpc) is 3.21. The molecule has 2 aromatic rings. The van der Waals surface area contributed by atoms with E-state index in [4.69, 9.17) is 10.00 Å². The van der Waals surface area contributed by atoms with E-state index in [9.17, 15) is 0 Å². The van der Waals surface area contributed by atoms with Gasteiger partial charge in [-0.05, 0) is 31.5 Å². The molecule has 2 fully saturated rings. The third-order valence-corrected chi connectivity index (χ3v) is 5.21. The second-order valence-corrected chi connectivity index (χ2v) is 7.40. The summed E-state index contributed by atoms with van der Waals surface area (Å²) in [6.45, 7) is 3.65. The van der Waals surface area contributed by atoms with Gasteiger partial charge in [-0.1, -0.05) is 6.07 Å². The number of rotatable bonds is 4. The summed E-state index contributed by atoms with van der Waals surface area (Å²) >= 11 is 0. The van der Waals surface area contributed by atoms with Gasteiger partial charge in [-0.25, -0.2) is 4.98 Å². The summed E-state index contributed by atoms with van der Waals surface area (Å²) in [5, 5.41) is 16.7. The first-order valence-electron chi connectivity index (χ1n) is 9.12. The molecule has 7 heteroatoms. The Hall–Kier alpha value is -2.43. The average molecular weight is 352 g/mol. The van der Waals surface area contributed by atoms with Crippen LogP contribution >= 0.6 is 0 Å². The van der Waals surface area contributed by atoms with E-state index in [1.54, 1.807) is 6.07 Å². The molecule has 1 N–H and O–H groups in total. The lowest BCUT2D eigenvalue weighted by Gasteiger charge is -2.39. The van der Waals surface area contributed by atoms with Gasteiger partial charge in [-0.2, -0.15) is 10.4 Å². The Kier molecular flexibility index (Phi) is 4.62. The standard InChI is InChI=1S/C19H24N6O/c1-24-11-15(10-21-24)12-25-7-3-6-19(14-25)8-17(13-26-19)23-18-5-2-4-16(9-20)22-18/h2,4-5,10-11,17H,3,6-8,12-14H2,1H3,(H,22,23). The molecule has 2 aliphatic heterocycles. The molecule has 4 heterocycles. The maximum atomic E-state index is 9.00. The first-order chi connectivity index (χ1) is 12.6. The van der Waals surface area contributed by atoms with E-state index in [0.29, 0.717) is 12.3 Å². The van der Waals surface area contributed by atoms with Crippen LogP contribution in [0.5, 0.6) is 0 Å². The first kappa shape index (κ1) is 17.0. The summed E-state index contributed by atoms with van der Waals surface area (Å²) in [6, 6.07) is 7.79. The van der Waals surface area contributed by atoms with Gasteiger partial charge in [0.25, 0.3) is 0 Å². The number of aryl methyl sites for hydroxylation is 1. The van der Waals surface area contributed by atoms with Gasteiger partial charge in [0.1, 0.15) is 17.6 Å². The molecular formula is C19H24N6O. The van der Waals surface area contributed by atoms with Gasteiger partial charge in [-0.3, -0.25) is 9.58 Å². The molecule has 7 nitrogen and oxygen atoms in total. The van der Waals surface area contributed by atoms with Gasteiger partial charge in [0.15, 0.2) is 0 Å². The van der Waals surface area contributed by atoms with Gasteiger partial charge >= 0.3 is 0 Å².